The molecule has 1 rings (SSSR count). The van der Waals surface area contributed by atoms with Gasteiger partial charge in [-0.15, -0.1) is 0 Å². The fraction of sp³-hybridized carbons (Fsp3) is 0.714. The van der Waals surface area contributed by atoms with Gasteiger partial charge in [-0.2, -0.15) is 5.10 Å². The fourth-order valence-corrected chi connectivity index (χ4v) is 2.14. The third-order valence-corrected chi connectivity index (χ3v) is 3.81. The molecular formula is C14H25ClN4O2. The van der Waals surface area contributed by atoms with E-state index in [2.05, 4.69) is 17.3 Å². The lowest BCUT2D eigenvalue weighted by atomic mass is 10.0. The number of anilines is 1. The van der Waals surface area contributed by atoms with E-state index in [0.717, 1.165) is 19.4 Å². The molecule has 0 bridgehead atoms. The molecule has 21 heavy (non-hydrogen) atoms. The molecule has 6 nitrogen and oxygen atoms in total. The fourth-order valence-electron chi connectivity index (χ4n) is 1.93. The Morgan fingerprint density at radius 2 is 2.24 bits per heavy atom. The van der Waals surface area contributed by atoms with Gasteiger partial charge in [-0.1, -0.05) is 24.9 Å². The lowest BCUT2D eigenvalue weighted by Crippen LogP contribution is -2.29. The van der Waals surface area contributed by atoms with Gasteiger partial charge in [0.15, 0.2) is 0 Å². The van der Waals surface area contributed by atoms with Crippen LogP contribution in [0.4, 0.5) is 5.69 Å². The van der Waals surface area contributed by atoms with Crippen LogP contribution in [0.3, 0.4) is 0 Å². The van der Waals surface area contributed by atoms with Gasteiger partial charge >= 0.3 is 0 Å². The zero-order valence-corrected chi connectivity index (χ0v) is 13.7. The normalized spacial score (nSPS) is 12.7. The molecule has 2 N–H and O–H groups in total. The number of aliphatic hydroxyl groups excluding tert-OH is 1. The summed E-state index contributed by atoms with van der Waals surface area (Å²) in [7, 11) is 3.88. The molecule has 0 amide bonds. The number of rotatable bonds is 9. The largest absolute Gasteiger partial charge is 0.396 e. The number of hydrogen-bond acceptors (Lipinski definition) is 5. The molecule has 0 aliphatic heterocycles. The van der Waals surface area contributed by atoms with Gasteiger partial charge in [0, 0.05) is 19.7 Å². The number of hydrogen-bond donors (Lipinski definition) is 2. The second-order valence-electron chi connectivity index (χ2n) is 5.37. The monoisotopic (exact) mass is 316 g/mol. The molecule has 1 aromatic rings. The number of aromatic nitrogens is 2. The van der Waals surface area contributed by atoms with E-state index >= 15 is 0 Å². The van der Waals surface area contributed by atoms with Gasteiger partial charge < -0.3 is 15.3 Å². The van der Waals surface area contributed by atoms with Crippen LogP contribution in [0.15, 0.2) is 11.0 Å². The van der Waals surface area contributed by atoms with E-state index in [1.54, 1.807) is 6.20 Å². The SMILES string of the molecule is CCC(CCO)CNc1cnn(CCN(C)C)c(=O)c1Cl. The molecule has 0 aliphatic carbocycles. The first-order valence-corrected chi connectivity index (χ1v) is 7.62. The highest BCUT2D eigenvalue weighted by Gasteiger charge is 2.11. The van der Waals surface area contributed by atoms with Crippen molar-refractivity contribution in [2.45, 2.75) is 26.3 Å². The van der Waals surface area contributed by atoms with Crippen molar-refractivity contribution in [2.24, 2.45) is 5.92 Å². The van der Waals surface area contributed by atoms with Gasteiger partial charge in [0.05, 0.1) is 18.4 Å². The summed E-state index contributed by atoms with van der Waals surface area (Å²) < 4.78 is 1.37. The van der Waals surface area contributed by atoms with Crippen LogP contribution < -0.4 is 10.9 Å². The van der Waals surface area contributed by atoms with Crippen LogP contribution in [0.2, 0.25) is 5.02 Å². The molecule has 0 saturated heterocycles. The second kappa shape index (κ2) is 9.02. The summed E-state index contributed by atoms with van der Waals surface area (Å²) in [6.45, 7) is 4.14. The Balaban J connectivity index is 2.73. The molecule has 0 spiro atoms. The first kappa shape index (κ1) is 17.9. The zero-order valence-electron chi connectivity index (χ0n) is 13.0. The number of nitrogens with zero attached hydrogens (tertiary/aromatic N) is 3. The van der Waals surface area contributed by atoms with Gasteiger partial charge in [-0.3, -0.25) is 4.79 Å². The molecule has 0 aromatic carbocycles. The Morgan fingerprint density at radius 3 is 2.81 bits per heavy atom. The number of halogens is 1. The van der Waals surface area contributed by atoms with E-state index in [0.29, 0.717) is 24.7 Å². The Kier molecular flexibility index (Phi) is 7.71. The van der Waals surface area contributed by atoms with Gasteiger partial charge in [0.2, 0.25) is 0 Å². The first-order valence-electron chi connectivity index (χ1n) is 7.24. The molecule has 1 aromatic heterocycles. The van der Waals surface area contributed by atoms with E-state index in [1.807, 2.05) is 19.0 Å². The van der Waals surface area contributed by atoms with Gasteiger partial charge in [0.1, 0.15) is 5.02 Å². The minimum absolute atomic E-state index is 0.165. The van der Waals surface area contributed by atoms with Crippen LogP contribution in [-0.4, -0.2) is 53.6 Å². The highest BCUT2D eigenvalue weighted by atomic mass is 35.5. The summed E-state index contributed by atoms with van der Waals surface area (Å²) in [4.78, 5) is 14.1. The molecule has 7 heteroatoms. The lowest BCUT2D eigenvalue weighted by molar-refractivity contribution is 0.258. The van der Waals surface area contributed by atoms with Crippen molar-refractivity contribution >= 4 is 17.3 Å². The van der Waals surface area contributed by atoms with Gasteiger partial charge in [-0.05, 0) is 26.4 Å². The van der Waals surface area contributed by atoms with Crippen LogP contribution in [0.25, 0.3) is 0 Å². The number of aliphatic hydroxyl groups is 1. The summed E-state index contributed by atoms with van der Waals surface area (Å²) in [5.41, 5.74) is 0.276. The van der Waals surface area contributed by atoms with Gasteiger partial charge in [-0.25, -0.2) is 4.68 Å². The molecule has 0 radical (unpaired) electrons. The minimum Gasteiger partial charge on any atom is -0.396 e. The van der Waals surface area contributed by atoms with Crippen LogP contribution in [0.5, 0.6) is 0 Å². The maximum Gasteiger partial charge on any atom is 0.287 e. The summed E-state index contributed by atoms with van der Waals surface area (Å²) in [6, 6.07) is 0. The average Bonchev–Trinajstić information content (AvgIpc) is 2.46. The zero-order chi connectivity index (χ0) is 15.8. The molecule has 1 heterocycles. The lowest BCUT2D eigenvalue weighted by Gasteiger charge is -2.16. The Labute approximate surface area is 130 Å². The van der Waals surface area contributed by atoms with Crippen LogP contribution >= 0.6 is 11.6 Å². The molecule has 0 fully saturated rings. The molecule has 1 atom stereocenters. The highest BCUT2D eigenvalue weighted by Crippen LogP contribution is 2.17. The second-order valence-corrected chi connectivity index (χ2v) is 5.75. The molecular weight excluding hydrogens is 292 g/mol. The third kappa shape index (κ3) is 5.65. The van der Waals surface area contributed by atoms with E-state index < -0.39 is 0 Å². The predicted octanol–water partition coefficient (Wildman–Crippen LogP) is 1.28. The van der Waals surface area contributed by atoms with E-state index in [-0.39, 0.29) is 17.2 Å². The van der Waals surface area contributed by atoms with Crippen LogP contribution in [-0.2, 0) is 6.54 Å². The minimum atomic E-state index is -0.279. The van der Waals surface area contributed by atoms with Crippen molar-refractivity contribution < 1.29 is 5.11 Å². The highest BCUT2D eigenvalue weighted by molar-refractivity contribution is 6.32. The van der Waals surface area contributed by atoms with Crippen molar-refractivity contribution in [3.8, 4) is 0 Å². The van der Waals surface area contributed by atoms with Crippen molar-refractivity contribution in [3.63, 3.8) is 0 Å². The number of likely N-dealkylation sites (N-methyl/N-ethyl adjacent to an activating group) is 1. The van der Waals surface area contributed by atoms with E-state index in [4.69, 9.17) is 16.7 Å². The quantitative estimate of drug-likeness (QED) is 0.718. The summed E-state index contributed by atoms with van der Waals surface area (Å²) in [5, 5.41) is 16.4. The van der Waals surface area contributed by atoms with Crippen LogP contribution in [0.1, 0.15) is 19.8 Å². The molecule has 1 unspecified atom stereocenters. The third-order valence-electron chi connectivity index (χ3n) is 3.44. The molecule has 120 valence electrons. The Morgan fingerprint density at radius 1 is 1.52 bits per heavy atom. The molecule has 0 aliphatic rings. The van der Waals surface area contributed by atoms with Crippen LogP contribution in [0, 0.1) is 5.92 Å². The topological polar surface area (TPSA) is 70.4 Å². The smallest absolute Gasteiger partial charge is 0.287 e. The summed E-state index contributed by atoms with van der Waals surface area (Å²) >= 11 is 6.12. The summed E-state index contributed by atoms with van der Waals surface area (Å²) in [5.74, 6) is 0.349. The maximum atomic E-state index is 12.1. The maximum absolute atomic E-state index is 12.1. The molecule has 0 saturated carbocycles. The Hall–Kier alpha value is -1.11. The Bertz CT molecular complexity index is 490. The van der Waals surface area contributed by atoms with Crippen molar-refractivity contribution in [2.75, 3.05) is 39.1 Å². The van der Waals surface area contributed by atoms with Gasteiger partial charge in [0.25, 0.3) is 5.56 Å². The van der Waals surface area contributed by atoms with E-state index in [9.17, 15) is 4.79 Å². The van der Waals surface area contributed by atoms with Crippen molar-refractivity contribution in [3.05, 3.63) is 21.6 Å². The van der Waals surface area contributed by atoms with E-state index in [1.165, 1.54) is 4.68 Å². The summed E-state index contributed by atoms with van der Waals surface area (Å²) in [6.07, 6.45) is 3.28. The first-order chi connectivity index (χ1) is 9.99. The van der Waals surface area contributed by atoms with Crippen molar-refractivity contribution in [1.29, 1.82) is 0 Å². The standard InChI is InChI=1S/C14H25ClN4O2/c1-4-11(5-8-20)9-16-12-10-17-19(7-6-18(2)3)14(21)13(12)15/h10-11,16,20H,4-9H2,1-3H3. The predicted molar refractivity (Wildman–Crippen MR) is 86.0 cm³/mol. The number of nitrogens with one attached hydrogen (secondary N) is 1. The average molecular weight is 317 g/mol. The van der Waals surface area contributed by atoms with Crippen molar-refractivity contribution in [1.82, 2.24) is 14.7 Å².